The molecule has 0 atom stereocenters. The Labute approximate surface area is 195 Å². The van der Waals surface area contributed by atoms with Crippen LogP contribution in [0.25, 0.3) is 10.9 Å². The van der Waals surface area contributed by atoms with Gasteiger partial charge in [-0.15, -0.1) is 0 Å². The molecule has 1 aromatic heterocycles. The summed E-state index contributed by atoms with van der Waals surface area (Å²) in [5, 5.41) is 3.51. The van der Waals surface area contributed by atoms with Gasteiger partial charge in [-0.1, -0.05) is 6.07 Å². The minimum atomic E-state index is -4.50. The smallest absolute Gasteiger partial charge is 0.416 e. The molecule has 8 nitrogen and oxygen atoms in total. The van der Waals surface area contributed by atoms with E-state index < -0.39 is 11.7 Å². The van der Waals surface area contributed by atoms with Gasteiger partial charge in [-0.25, -0.2) is 4.98 Å². The lowest BCUT2D eigenvalue weighted by atomic mass is 10.0. The van der Waals surface area contributed by atoms with E-state index in [9.17, 15) is 13.2 Å². The lowest BCUT2D eigenvalue weighted by Gasteiger charge is -2.33. The van der Waals surface area contributed by atoms with E-state index in [0.717, 1.165) is 32.2 Å². The first-order chi connectivity index (χ1) is 16.2. The maximum absolute atomic E-state index is 14.0. The number of nitrogens with zero attached hydrogens (tertiary/aromatic N) is 4. The number of anilines is 3. The van der Waals surface area contributed by atoms with Crippen molar-refractivity contribution in [2.45, 2.75) is 12.7 Å². The number of benzene rings is 2. The summed E-state index contributed by atoms with van der Waals surface area (Å²) in [6.07, 6.45) is -4.50. The number of hydrogen-bond acceptors (Lipinski definition) is 8. The van der Waals surface area contributed by atoms with Crippen LogP contribution in [0.2, 0.25) is 0 Å². The first kappa shape index (κ1) is 23.8. The molecule has 0 bridgehead atoms. The lowest BCUT2D eigenvalue weighted by Crippen LogP contribution is -2.44. The third-order valence-corrected chi connectivity index (χ3v) is 5.89. The van der Waals surface area contributed by atoms with Crippen LogP contribution in [0, 0.1) is 0 Å². The number of nitrogen functional groups attached to an aromatic ring is 1. The van der Waals surface area contributed by atoms with Crippen molar-refractivity contribution in [3.63, 3.8) is 0 Å². The van der Waals surface area contributed by atoms with Gasteiger partial charge >= 0.3 is 6.18 Å². The summed E-state index contributed by atoms with van der Waals surface area (Å²) < 4.78 is 52.5. The molecular formula is C23H27F3N6O2. The average Bonchev–Trinajstić information content (AvgIpc) is 2.80. The maximum Gasteiger partial charge on any atom is 0.416 e. The quantitative estimate of drug-likeness (QED) is 0.556. The minimum Gasteiger partial charge on any atom is -0.493 e. The van der Waals surface area contributed by atoms with Crippen LogP contribution in [0.1, 0.15) is 11.1 Å². The van der Waals surface area contributed by atoms with Gasteiger partial charge in [-0.2, -0.15) is 18.2 Å². The van der Waals surface area contributed by atoms with E-state index in [4.69, 9.17) is 15.2 Å². The fraction of sp³-hybridized carbons (Fsp3) is 0.391. The Morgan fingerprint density at radius 1 is 1.00 bits per heavy atom. The molecule has 1 fully saturated rings. The molecule has 0 amide bonds. The average molecular weight is 477 g/mol. The Morgan fingerprint density at radius 2 is 1.68 bits per heavy atom. The molecule has 1 aliphatic heterocycles. The van der Waals surface area contributed by atoms with Crippen LogP contribution in [0.15, 0.2) is 30.3 Å². The van der Waals surface area contributed by atoms with Crippen molar-refractivity contribution in [1.29, 1.82) is 0 Å². The number of aromatic nitrogens is 2. The molecule has 1 aliphatic rings. The maximum atomic E-state index is 14.0. The summed E-state index contributed by atoms with van der Waals surface area (Å²) in [7, 11) is 4.99. The molecular weight excluding hydrogens is 449 g/mol. The van der Waals surface area contributed by atoms with Crippen LogP contribution >= 0.6 is 0 Å². The molecule has 11 heteroatoms. The second-order valence-corrected chi connectivity index (χ2v) is 8.23. The van der Waals surface area contributed by atoms with Crippen LogP contribution < -0.4 is 20.5 Å². The fourth-order valence-electron chi connectivity index (χ4n) is 4.01. The van der Waals surface area contributed by atoms with Gasteiger partial charge in [-0.05, 0) is 30.8 Å². The van der Waals surface area contributed by atoms with E-state index >= 15 is 0 Å². The first-order valence-corrected chi connectivity index (χ1v) is 10.7. The number of likely N-dealkylation sites (N-methyl/N-ethyl adjacent to an activating group) is 1. The number of alkyl halides is 3. The number of hydrogen-bond donors (Lipinski definition) is 2. The third kappa shape index (κ3) is 5.10. The Hall–Kier alpha value is -3.31. The highest BCUT2D eigenvalue weighted by Gasteiger charge is 2.34. The monoisotopic (exact) mass is 476 g/mol. The largest absolute Gasteiger partial charge is 0.493 e. The highest BCUT2D eigenvalue weighted by molar-refractivity contribution is 5.94. The van der Waals surface area contributed by atoms with Crippen molar-refractivity contribution >= 4 is 28.4 Å². The highest BCUT2D eigenvalue weighted by atomic mass is 19.4. The van der Waals surface area contributed by atoms with Crippen molar-refractivity contribution in [2.24, 2.45) is 0 Å². The summed E-state index contributed by atoms with van der Waals surface area (Å²) in [5.74, 6) is 1.13. The van der Waals surface area contributed by atoms with Crippen LogP contribution in [0.4, 0.5) is 30.6 Å². The molecule has 34 heavy (non-hydrogen) atoms. The highest BCUT2D eigenvalue weighted by Crippen LogP contribution is 2.37. The van der Waals surface area contributed by atoms with E-state index in [2.05, 4.69) is 20.2 Å². The van der Waals surface area contributed by atoms with Crippen molar-refractivity contribution in [1.82, 2.24) is 19.8 Å². The van der Waals surface area contributed by atoms with Gasteiger partial charge < -0.3 is 25.4 Å². The number of halogens is 3. The molecule has 2 aromatic carbocycles. The minimum absolute atomic E-state index is 0.0232. The second-order valence-electron chi connectivity index (χ2n) is 8.23. The van der Waals surface area contributed by atoms with Gasteiger partial charge in [0, 0.05) is 49.9 Å². The first-order valence-electron chi connectivity index (χ1n) is 10.7. The predicted octanol–water partition coefficient (Wildman–Crippen LogP) is 3.74. The molecule has 0 saturated carbocycles. The number of rotatable bonds is 6. The number of ether oxygens (including phenoxy) is 2. The van der Waals surface area contributed by atoms with Crippen LogP contribution in [-0.4, -0.2) is 67.2 Å². The zero-order chi connectivity index (χ0) is 24.5. The Balaban J connectivity index is 1.69. The van der Waals surface area contributed by atoms with Gasteiger partial charge in [0.15, 0.2) is 11.5 Å². The third-order valence-electron chi connectivity index (χ3n) is 5.89. The molecule has 3 aromatic rings. The topological polar surface area (TPSA) is 88.8 Å². The van der Waals surface area contributed by atoms with Crippen molar-refractivity contribution in [2.75, 3.05) is 58.5 Å². The summed E-state index contributed by atoms with van der Waals surface area (Å²) in [4.78, 5) is 12.6. The number of nitrogens with two attached hydrogens (primary N) is 1. The second kappa shape index (κ2) is 9.51. The number of fused-ring (bicyclic) bond motifs is 1. The van der Waals surface area contributed by atoms with Gasteiger partial charge in [0.1, 0.15) is 5.82 Å². The SMILES string of the molecule is COc1cc2nc(N)nc(Nc3ccc(CN4CCN(C)CC4)c(C(F)(F)F)c3)c2cc1OC. The number of nitrogens with one attached hydrogen (secondary N) is 1. The van der Waals surface area contributed by atoms with Crippen molar-refractivity contribution < 1.29 is 22.6 Å². The summed E-state index contributed by atoms with van der Waals surface area (Å²) >= 11 is 0. The number of methoxy groups -OCH3 is 2. The van der Waals surface area contributed by atoms with Crippen LogP contribution in [-0.2, 0) is 12.7 Å². The van der Waals surface area contributed by atoms with E-state index in [-0.39, 0.29) is 29.6 Å². The molecule has 4 rings (SSSR count). The van der Waals surface area contributed by atoms with Gasteiger partial charge in [-0.3, -0.25) is 4.90 Å². The molecule has 0 radical (unpaired) electrons. The lowest BCUT2D eigenvalue weighted by molar-refractivity contribution is -0.138. The summed E-state index contributed by atoms with van der Waals surface area (Å²) in [6.45, 7) is 3.36. The Kier molecular flexibility index (Phi) is 6.67. The van der Waals surface area contributed by atoms with Crippen LogP contribution in [0.3, 0.4) is 0 Å². The molecule has 0 spiro atoms. The van der Waals surface area contributed by atoms with E-state index in [0.29, 0.717) is 22.4 Å². The Morgan fingerprint density at radius 3 is 2.32 bits per heavy atom. The molecule has 0 aliphatic carbocycles. The van der Waals surface area contributed by atoms with E-state index in [1.807, 2.05) is 11.9 Å². The Bertz CT molecular complexity index is 1180. The molecule has 2 heterocycles. The fourth-order valence-corrected chi connectivity index (χ4v) is 4.01. The van der Waals surface area contributed by atoms with Gasteiger partial charge in [0.05, 0.1) is 25.3 Å². The van der Waals surface area contributed by atoms with Crippen LogP contribution in [0.5, 0.6) is 11.5 Å². The molecule has 182 valence electrons. The van der Waals surface area contributed by atoms with Gasteiger partial charge in [0.2, 0.25) is 5.95 Å². The zero-order valence-corrected chi connectivity index (χ0v) is 19.2. The molecule has 1 saturated heterocycles. The van der Waals surface area contributed by atoms with Crippen molar-refractivity contribution in [3.05, 3.63) is 41.5 Å². The molecule has 3 N–H and O–H groups in total. The summed E-state index contributed by atoms with van der Waals surface area (Å²) in [6, 6.07) is 7.53. The molecule has 0 unspecified atom stereocenters. The predicted molar refractivity (Wildman–Crippen MR) is 125 cm³/mol. The van der Waals surface area contributed by atoms with Gasteiger partial charge in [0.25, 0.3) is 0 Å². The normalized spacial score (nSPS) is 15.5. The summed E-state index contributed by atoms with van der Waals surface area (Å²) in [5.41, 5.74) is 6.12. The van der Waals surface area contributed by atoms with E-state index in [1.165, 1.54) is 20.3 Å². The van der Waals surface area contributed by atoms with Crippen molar-refractivity contribution in [3.8, 4) is 11.5 Å². The number of piperazine rings is 1. The van der Waals surface area contributed by atoms with E-state index in [1.54, 1.807) is 18.2 Å². The standard InChI is InChI=1S/C23H27F3N6O2/c1-31-6-8-32(9-7-31)13-14-4-5-15(10-17(14)23(24,25)26)28-21-16-11-19(33-2)20(34-3)12-18(16)29-22(27)30-21/h4-5,10-12H,6-9,13H2,1-3H3,(H3,27,28,29,30). The zero-order valence-electron chi connectivity index (χ0n) is 19.2.